The highest BCUT2D eigenvalue weighted by atomic mass is 35.5. The summed E-state index contributed by atoms with van der Waals surface area (Å²) in [7, 11) is 0. The van der Waals surface area contributed by atoms with Gasteiger partial charge < -0.3 is 0 Å². The molecule has 0 saturated carbocycles. The average Bonchev–Trinajstić information content (AvgIpc) is 2.83. The van der Waals surface area contributed by atoms with Gasteiger partial charge in [-0.3, -0.25) is 0 Å². The Balaban J connectivity index is 1.62. The zero-order valence-electron chi connectivity index (χ0n) is 16.8. The van der Waals surface area contributed by atoms with Crippen LogP contribution in [0.3, 0.4) is 0 Å². The molecule has 0 unspecified atom stereocenters. The molecule has 6 aromatic rings. The minimum absolute atomic E-state index is 0.769. The normalized spacial score (nSPS) is 11.4. The van der Waals surface area contributed by atoms with E-state index in [0.29, 0.717) is 0 Å². The summed E-state index contributed by atoms with van der Waals surface area (Å²) < 4.78 is 0. The number of fused-ring (bicyclic) bond motifs is 4. The Morgan fingerprint density at radius 2 is 1.03 bits per heavy atom. The molecular formula is C30H19Cl. The largest absolute Gasteiger partial charge is 0.0836 e. The monoisotopic (exact) mass is 414 g/mol. The van der Waals surface area contributed by atoms with Crippen LogP contribution in [0.25, 0.3) is 54.6 Å². The molecule has 0 amide bonds. The first kappa shape index (κ1) is 18.2. The third-order valence-electron chi connectivity index (χ3n) is 6.13. The van der Waals surface area contributed by atoms with Crippen LogP contribution < -0.4 is 0 Å². The fraction of sp³-hybridized carbons (Fsp3) is 0. The number of rotatable bonds is 2. The van der Waals surface area contributed by atoms with Crippen molar-refractivity contribution in [1.82, 2.24) is 0 Å². The minimum Gasteiger partial charge on any atom is -0.0836 e. The van der Waals surface area contributed by atoms with E-state index in [1.165, 1.54) is 37.9 Å². The van der Waals surface area contributed by atoms with Gasteiger partial charge in [-0.1, -0.05) is 115 Å². The molecule has 0 N–H and O–H groups in total. The van der Waals surface area contributed by atoms with Gasteiger partial charge in [0.15, 0.2) is 0 Å². The highest BCUT2D eigenvalue weighted by Crippen LogP contribution is 2.41. The summed E-state index contributed by atoms with van der Waals surface area (Å²) in [5, 5.41) is 8.26. The molecule has 0 aliphatic carbocycles. The first-order valence-electron chi connectivity index (χ1n) is 10.5. The Morgan fingerprint density at radius 3 is 1.90 bits per heavy atom. The summed E-state index contributed by atoms with van der Waals surface area (Å²) in [6.45, 7) is 0. The smallest absolute Gasteiger partial charge is 0.0490 e. The molecule has 0 spiro atoms. The van der Waals surface area contributed by atoms with E-state index in [9.17, 15) is 0 Å². The van der Waals surface area contributed by atoms with E-state index in [2.05, 4.69) is 103 Å². The van der Waals surface area contributed by atoms with Crippen LogP contribution in [0.5, 0.6) is 0 Å². The number of hydrogen-bond donors (Lipinski definition) is 0. The van der Waals surface area contributed by atoms with Gasteiger partial charge in [-0.15, -0.1) is 0 Å². The molecular weight excluding hydrogens is 396 g/mol. The van der Waals surface area contributed by atoms with E-state index in [4.69, 9.17) is 11.6 Å². The molecule has 0 aliphatic heterocycles. The van der Waals surface area contributed by atoms with Crippen molar-refractivity contribution in [3.05, 3.63) is 120 Å². The quantitative estimate of drug-likeness (QED) is 0.248. The zero-order chi connectivity index (χ0) is 20.8. The lowest BCUT2D eigenvalue weighted by Crippen LogP contribution is -1.89. The summed E-state index contributed by atoms with van der Waals surface area (Å²) in [6.07, 6.45) is 0. The van der Waals surface area contributed by atoms with Crippen LogP contribution in [0.2, 0.25) is 5.02 Å². The third-order valence-corrected chi connectivity index (χ3v) is 6.44. The number of hydrogen-bond acceptors (Lipinski definition) is 0. The molecule has 0 aliphatic rings. The molecule has 0 saturated heterocycles. The van der Waals surface area contributed by atoms with E-state index in [-0.39, 0.29) is 0 Å². The van der Waals surface area contributed by atoms with Crippen molar-refractivity contribution in [2.24, 2.45) is 0 Å². The van der Waals surface area contributed by atoms with Gasteiger partial charge in [0.1, 0.15) is 0 Å². The second-order valence-electron chi connectivity index (χ2n) is 7.91. The van der Waals surface area contributed by atoms with E-state index in [1.54, 1.807) is 0 Å². The maximum Gasteiger partial charge on any atom is 0.0490 e. The molecule has 0 bridgehead atoms. The van der Waals surface area contributed by atoms with Crippen LogP contribution in [-0.4, -0.2) is 0 Å². The lowest BCUT2D eigenvalue weighted by Gasteiger charge is -2.15. The van der Waals surface area contributed by atoms with Crippen molar-refractivity contribution >= 4 is 43.9 Å². The Bertz CT molecular complexity index is 1590. The number of benzene rings is 6. The number of halogens is 1. The average molecular weight is 415 g/mol. The summed E-state index contributed by atoms with van der Waals surface area (Å²) in [6, 6.07) is 40.8. The van der Waals surface area contributed by atoms with Crippen molar-refractivity contribution in [2.45, 2.75) is 0 Å². The molecule has 0 heterocycles. The van der Waals surface area contributed by atoms with Crippen molar-refractivity contribution in [3.63, 3.8) is 0 Å². The topological polar surface area (TPSA) is 0 Å². The zero-order valence-corrected chi connectivity index (χ0v) is 17.6. The lowest BCUT2D eigenvalue weighted by molar-refractivity contribution is 1.61. The van der Waals surface area contributed by atoms with Crippen LogP contribution >= 0.6 is 11.6 Å². The molecule has 0 nitrogen and oxygen atoms in total. The summed E-state index contributed by atoms with van der Waals surface area (Å²) in [4.78, 5) is 0. The highest BCUT2D eigenvalue weighted by molar-refractivity contribution is 6.34. The molecule has 0 radical (unpaired) electrons. The third kappa shape index (κ3) is 3.00. The molecule has 6 aromatic carbocycles. The predicted molar refractivity (Wildman–Crippen MR) is 135 cm³/mol. The van der Waals surface area contributed by atoms with Gasteiger partial charge >= 0.3 is 0 Å². The summed E-state index contributed by atoms with van der Waals surface area (Å²) in [5.41, 5.74) is 4.57. The van der Waals surface area contributed by atoms with E-state index >= 15 is 0 Å². The molecule has 6 rings (SSSR count). The Hall–Kier alpha value is -3.61. The Morgan fingerprint density at radius 1 is 0.419 bits per heavy atom. The van der Waals surface area contributed by atoms with Crippen LogP contribution in [0.4, 0.5) is 0 Å². The Labute approximate surface area is 186 Å². The van der Waals surface area contributed by atoms with Gasteiger partial charge in [0.25, 0.3) is 0 Å². The Kier molecular flexibility index (Phi) is 4.26. The van der Waals surface area contributed by atoms with Crippen molar-refractivity contribution < 1.29 is 0 Å². The van der Waals surface area contributed by atoms with Crippen molar-refractivity contribution in [3.8, 4) is 22.3 Å². The first-order valence-corrected chi connectivity index (χ1v) is 10.9. The van der Waals surface area contributed by atoms with E-state index in [0.717, 1.165) is 21.7 Å². The van der Waals surface area contributed by atoms with Crippen molar-refractivity contribution in [2.75, 3.05) is 0 Å². The maximum atomic E-state index is 6.81. The predicted octanol–water partition coefficient (Wildman–Crippen LogP) is 9.13. The second kappa shape index (κ2) is 7.27. The minimum atomic E-state index is 0.769. The standard InChI is InChI=1S/C30H19Cl/c31-29-14-6-13-28(27-12-5-9-20-7-1-4-11-25(20)27)30(29)23-17-18-26-22(19-23)16-15-21-8-2-3-10-24(21)26/h1-19H. The SMILES string of the molecule is Clc1cccc(-c2cccc3ccccc23)c1-c1ccc2c(ccc3ccccc32)c1. The van der Waals surface area contributed by atoms with Gasteiger partial charge in [0, 0.05) is 10.6 Å². The first-order chi connectivity index (χ1) is 15.3. The molecule has 31 heavy (non-hydrogen) atoms. The van der Waals surface area contributed by atoms with Crippen LogP contribution in [0.1, 0.15) is 0 Å². The molecule has 146 valence electrons. The fourth-order valence-corrected chi connectivity index (χ4v) is 4.95. The molecule has 0 atom stereocenters. The van der Waals surface area contributed by atoms with Crippen LogP contribution in [0, 0.1) is 0 Å². The summed E-state index contributed by atoms with van der Waals surface area (Å²) in [5.74, 6) is 0. The van der Waals surface area contributed by atoms with Gasteiger partial charge in [-0.2, -0.15) is 0 Å². The second-order valence-corrected chi connectivity index (χ2v) is 8.32. The van der Waals surface area contributed by atoms with Gasteiger partial charge in [0.2, 0.25) is 0 Å². The van der Waals surface area contributed by atoms with Crippen LogP contribution in [-0.2, 0) is 0 Å². The maximum absolute atomic E-state index is 6.81. The van der Waals surface area contributed by atoms with Gasteiger partial charge in [-0.25, -0.2) is 0 Å². The van der Waals surface area contributed by atoms with Gasteiger partial charge in [0.05, 0.1) is 0 Å². The molecule has 1 heteroatoms. The van der Waals surface area contributed by atoms with E-state index in [1.807, 2.05) is 12.1 Å². The van der Waals surface area contributed by atoms with Crippen molar-refractivity contribution in [1.29, 1.82) is 0 Å². The lowest BCUT2D eigenvalue weighted by atomic mass is 9.90. The van der Waals surface area contributed by atoms with Crippen LogP contribution in [0.15, 0.2) is 115 Å². The van der Waals surface area contributed by atoms with E-state index < -0.39 is 0 Å². The summed E-state index contributed by atoms with van der Waals surface area (Å²) >= 11 is 6.81. The molecule has 0 aromatic heterocycles. The fourth-order valence-electron chi connectivity index (χ4n) is 4.67. The van der Waals surface area contributed by atoms with Gasteiger partial charge in [-0.05, 0) is 61.1 Å². The molecule has 0 fully saturated rings. The highest BCUT2D eigenvalue weighted by Gasteiger charge is 2.14.